The van der Waals surface area contributed by atoms with Gasteiger partial charge in [-0.05, 0) is 93.8 Å². The number of benzene rings is 1. The molecule has 0 bridgehead atoms. The monoisotopic (exact) mass is 372 g/mol. The third-order valence-electron chi connectivity index (χ3n) is 6.20. The van der Waals surface area contributed by atoms with Crippen molar-refractivity contribution in [1.82, 2.24) is 9.62 Å². The molecule has 2 atom stereocenters. The summed E-state index contributed by atoms with van der Waals surface area (Å²) in [5.41, 5.74) is 5.24. The summed E-state index contributed by atoms with van der Waals surface area (Å²) in [7, 11) is -3.42. The van der Waals surface area contributed by atoms with E-state index >= 15 is 0 Å². The van der Waals surface area contributed by atoms with Crippen molar-refractivity contribution in [2.75, 3.05) is 26.2 Å². The van der Waals surface area contributed by atoms with Gasteiger partial charge in [-0.15, -0.1) is 12.4 Å². The predicted molar refractivity (Wildman–Crippen MR) is 101 cm³/mol. The number of rotatable bonds is 2. The summed E-state index contributed by atoms with van der Waals surface area (Å²) in [6.45, 7) is 13.3. The van der Waals surface area contributed by atoms with E-state index in [0.717, 1.165) is 41.8 Å². The smallest absolute Gasteiger partial charge is 0.243 e. The van der Waals surface area contributed by atoms with Crippen LogP contribution >= 0.6 is 12.4 Å². The Kier molecular flexibility index (Phi) is 5.70. The first kappa shape index (κ1) is 19.7. The Morgan fingerprint density at radius 2 is 1.38 bits per heavy atom. The van der Waals surface area contributed by atoms with Gasteiger partial charge in [0.25, 0.3) is 0 Å². The molecule has 0 spiro atoms. The fraction of sp³-hybridized carbons (Fsp3) is 0.667. The van der Waals surface area contributed by atoms with Crippen molar-refractivity contribution in [2.24, 2.45) is 11.8 Å². The van der Waals surface area contributed by atoms with Crippen molar-refractivity contribution in [3.05, 3.63) is 27.8 Å². The second kappa shape index (κ2) is 6.94. The maximum atomic E-state index is 13.3. The first-order chi connectivity index (χ1) is 10.7. The third-order valence-corrected chi connectivity index (χ3v) is 8.34. The van der Waals surface area contributed by atoms with E-state index in [1.54, 1.807) is 4.31 Å². The highest BCUT2D eigenvalue weighted by Crippen LogP contribution is 2.35. The number of nitrogens with one attached hydrogen (secondary N) is 1. The molecule has 2 aliphatic rings. The molecular weight excluding hydrogens is 344 g/mol. The molecule has 0 amide bonds. The molecule has 4 nitrogen and oxygen atoms in total. The molecule has 3 rings (SSSR count). The molecule has 2 saturated heterocycles. The van der Waals surface area contributed by atoms with Crippen LogP contribution in [-0.2, 0) is 10.0 Å². The van der Waals surface area contributed by atoms with Gasteiger partial charge in [-0.3, -0.25) is 0 Å². The lowest BCUT2D eigenvalue weighted by molar-refractivity contribution is 0.227. The highest BCUT2D eigenvalue weighted by atomic mass is 35.5. The summed E-state index contributed by atoms with van der Waals surface area (Å²) in [6, 6.07) is 0. The Hall–Kier alpha value is -0.620. The van der Waals surface area contributed by atoms with Crippen LogP contribution < -0.4 is 5.32 Å². The number of fused-ring (bicyclic) bond motifs is 1. The summed E-state index contributed by atoms with van der Waals surface area (Å²) in [5.74, 6) is 1.11. The largest absolute Gasteiger partial charge is 0.316 e. The quantitative estimate of drug-likeness (QED) is 0.868. The Labute approximate surface area is 152 Å². The summed E-state index contributed by atoms with van der Waals surface area (Å²) in [5, 5.41) is 3.40. The highest BCUT2D eigenvalue weighted by molar-refractivity contribution is 7.89. The van der Waals surface area contributed by atoms with Crippen LogP contribution in [0.4, 0.5) is 0 Å². The van der Waals surface area contributed by atoms with Gasteiger partial charge in [0.1, 0.15) is 0 Å². The molecular formula is C18H29ClN2O2S. The number of hydrogen-bond acceptors (Lipinski definition) is 3. The second-order valence-corrected chi connectivity index (χ2v) is 9.16. The van der Waals surface area contributed by atoms with E-state index in [2.05, 4.69) is 12.2 Å². The van der Waals surface area contributed by atoms with Crippen LogP contribution in [0.5, 0.6) is 0 Å². The van der Waals surface area contributed by atoms with Gasteiger partial charge in [-0.1, -0.05) is 0 Å². The molecule has 0 radical (unpaired) electrons. The number of halogens is 1. The second-order valence-electron chi connectivity index (χ2n) is 7.28. The van der Waals surface area contributed by atoms with Crippen LogP contribution in [0.15, 0.2) is 4.90 Å². The lowest BCUT2D eigenvalue weighted by Gasteiger charge is -2.34. The molecule has 24 heavy (non-hydrogen) atoms. The highest BCUT2D eigenvalue weighted by Gasteiger charge is 2.39. The molecule has 1 aromatic rings. The van der Waals surface area contributed by atoms with Crippen molar-refractivity contribution < 1.29 is 8.42 Å². The zero-order valence-electron chi connectivity index (χ0n) is 15.3. The fourth-order valence-corrected chi connectivity index (χ4v) is 6.27. The third kappa shape index (κ3) is 3.00. The molecule has 2 heterocycles. The van der Waals surface area contributed by atoms with Gasteiger partial charge in [0, 0.05) is 13.1 Å². The molecule has 1 N–H and O–H groups in total. The van der Waals surface area contributed by atoms with Crippen molar-refractivity contribution in [3.63, 3.8) is 0 Å². The van der Waals surface area contributed by atoms with Crippen LogP contribution in [0.1, 0.15) is 34.2 Å². The maximum absolute atomic E-state index is 13.3. The van der Waals surface area contributed by atoms with Gasteiger partial charge in [0.05, 0.1) is 4.90 Å². The maximum Gasteiger partial charge on any atom is 0.243 e. The van der Waals surface area contributed by atoms with E-state index in [4.69, 9.17) is 0 Å². The molecule has 6 heteroatoms. The van der Waals surface area contributed by atoms with Crippen molar-refractivity contribution >= 4 is 22.4 Å². The van der Waals surface area contributed by atoms with Crippen LogP contribution in [-0.4, -0.2) is 38.9 Å². The minimum absolute atomic E-state index is 0. The van der Waals surface area contributed by atoms with E-state index in [1.165, 1.54) is 5.56 Å². The minimum Gasteiger partial charge on any atom is -0.316 e. The fourth-order valence-electron chi connectivity index (χ4n) is 4.20. The minimum atomic E-state index is -3.42. The molecule has 2 aliphatic heterocycles. The van der Waals surface area contributed by atoms with Crippen molar-refractivity contribution in [3.8, 4) is 0 Å². The Bertz CT molecular complexity index is 717. The van der Waals surface area contributed by atoms with Crippen LogP contribution in [0.25, 0.3) is 0 Å². The first-order valence-corrected chi connectivity index (χ1v) is 9.97. The van der Waals surface area contributed by atoms with Crippen molar-refractivity contribution in [2.45, 2.75) is 45.9 Å². The number of hydrogen-bond donors (Lipinski definition) is 1. The summed E-state index contributed by atoms with van der Waals surface area (Å²) in [6.07, 6.45) is 0.971. The standard InChI is InChI=1S/C18H28N2O2S.ClH/c1-11-12(2)14(4)18(15(5)13(11)3)23(21,22)20-7-6-16-8-19-9-17(16)10-20;/h16-17,19H,6-10H2,1-5H3;1H. The summed E-state index contributed by atoms with van der Waals surface area (Å²) < 4.78 is 28.4. The number of nitrogens with zero attached hydrogens (tertiary/aromatic N) is 1. The first-order valence-electron chi connectivity index (χ1n) is 8.53. The predicted octanol–water partition coefficient (Wildman–Crippen LogP) is 2.88. The Morgan fingerprint density at radius 3 is 1.96 bits per heavy atom. The van der Waals surface area contributed by atoms with Gasteiger partial charge in [-0.2, -0.15) is 4.31 Å². The van der Waals surface area contributed by atoms with E-state index < -0.39 is 10.0 Å². The molecule has 0 saturated carbocycles. The van der Waals surface area contributed by atoms with Gasteiger partial charge in [0.15, 0.2) is 0 Å². The Morgan fingerprint density at radius 1 is 0.875 bits per heavy atom. The van der Waals surface area contributed by atoms with E-state index in [0.29, 0.717) is 29.8 Å². The van der Waals surface area contributed by atoms with E-state index in [1.807, 2.05) is 27.7 Å². The SMILES string of the molecule is Cc1c(C)c(C)c(S(=O)(=O)N2CCC3CNCC3C2)c(C)c1C.Cl. The van der Waals surface area contributed by atoms with Crippen LogP contribution in [0.3, 0.4) is 0 Å². The molecule has 0 aliphatic carbocycles. The van der Waals surface area contributed by atoms with Gasteiger partial charge < -0.3 is 5.32 Å². The molecule has 0 aromatic heterocycles. The van der Waals surface area contributed by atoms with E-state index in [9.17, 15) is 8.42 Å². The summed E-state index contributed by atoms with van der Waals surface area (Å²) >= 11 is 0. The van der Waals surface area contributed by atoms with Gasteiger partial charge in [0.2, 0.25) is 10.0 Å². The molecule has 2 fully saturated rings. The lowest BCUT2D eigenvalue weighted by atomic mass is 9.90. The van der Waals surface area contributed by atoms with E-state index in [-0.39, 0.29) is 12.4 Å². The molecule has 1 aromatic carbocycles. The Balaban J connectivity index is 0.00000208. The topological polar surface area (TPSA) is 49.4 Å². The van der Waals surface area contributed by atoms with Gasteiger partial charge >= 0.3 is 0 Å². The zero-order valence-corrected chi connectivity index (χ0v) is 16.9. The zero-order chi connectivity index (χ0) is 16.9. The average molecular weight is 373 g/mol. The molecule has 136 valence electrons. The number of piperidine rings is 1. The van der Waals surface area contributed by atoms with Crippen LogP contribution in [0.2, 0.25) is 0 Å². The molecule has 2 unspecified atom stereocenters. The normalized spacial score (nSPS) is 24.5. The average Bonchev–Trinajstić information content (AvgIpc) is 2.98. The lowest BCUT2D eigenvalue weighted by Crippen LogP contribution is -2.43. The van der Waals surface area contributed by atoms with Crippen LogP contribution in [0, 0.1) is 46.5 Å². The number of sulfonamides is 1. The van der Waals surface area contributed by atoms with Gasteiger partial charge in [-0.25, -0.2) is 8.42 Å². The summed E-state index contributed by atoms with van der Waals surface area (Å²) in [4.78, 5) is 0.544. The van der Waals surface area contributed by atoms with Crippen molar-refractivity contribution in [1.29, 1.82) is 0 Å².